The second-order valence-electron chi connectivity index (χ2n) is 4.29. The summed E-state index contributed by atoms with van der Waals surface area (Å²) in [4.78, 5) is 0. The molecule has 0 amide bonds. The monoisotopic (exact) mass is 206 g/mol. The first-order valence-electron chi connectivity index (χ1n) is 6.24. The quantitative estimate of drug-likeness (QED) is 0.568. The van der Waals surface area contributed by atoms with Gasteiger partial charge in [0, 0.05) is 0 Å². The van der Waals surface area contributed by atoms with Crippen molar-refractivity contribution in [3.63, 3.8) is 0 Å². The summed E-state index contributed by atoms with van der Waals surface area (Å²) in [5.74, 6) is 0. The summed E-state index contributed by atoms with van der Waals surface area (Å²) in [6.45, 7) is 12.7. The zero-order valence-electron chi connectivity index (χ0n) is 11.2. The Morgan fingerprint density at radius 2 is 1.13 bits per heavy atom. The van der Waals surface area contributed by atoms with Crippen molar-refractivity contribution in [1.82, 2.24) is 0 Å². The molecule has 15 heavy (non-hydrogen) atoms. The van der Waals surface area contributed by atoms with Gasteiger partial charge < -0.3 is 0 Å². The minimum atomic E-state index is 0.504. The average Bonchev–Trinajstić information content (AvgIpc) is 2.57. The molecule has 1 aromatic carbocycles. The van der Waals surface area contributed by atoms with Crippen molar-refractivity contribution >= 4 is 0 Å². The Balaban J connectivity index is 0.000000442. The molecular formula is C15H26. The molecule has 0 spiro atoms. The number of hydrogen-bond donors (Lipinski definition) is 0. The maximum atomic E-state index is 2.34. The predicted molar refractivity (Wildman–Crippen MR) is 70.3 cm³/mol. The minimum Gasteiger partial charge on any atom is -0.0683 e. The van der Waals surface area contributed by atoms with E-state index in [1.165, 1.54) is 12.8 Å². The molecular weight excluding hydrogens is 180 g/mol. The molecule has 1 aromatic rings. The van der Waals surface area contributed by atoms with Gasteiger partial charge in [0.05, 0.1) is 0 Å². The average molecular weight is 206 g/mol. The van der Waals surface area contributed by atoms with E-state index in [0.717, 1.165) is 0 Å². The highest BCUT2D eigenvalue weighted by Crippen LogP contribution is 2.35. The third-order valence-electron chi connectivity index (χ3n) is 2.46. The first kappa shape index (κ1) is 14.2. The van der Waals surface area contributed by atoms with Gasteiger partial charge in [0.15, 0.2) is 0 Å². The zero-order valence-corrected chi connectivity index (χ0v) is 11.2. The van der Waals surface area contributed by atoms with E-state index < -0.39 is 0 Å². The van der Waals surface area contributed by atoms with E-state index in [9.17, 15) is 0 Å². The lowest BCUT2D eigenvalue weighted by Gasteiger charge is -2.14. The molecule has 0 heteroatoms. The number of benzene rings is 1. The van der Waals surface area contributed by atoms with Crippen LogP contribution in [-0.2, 0) is 12.8 Å². The Labute approximate surface area is 95.7 Å². The Morgan fingerprint density at radius 3 is 1.47 bits per heavy atom. The highest BCUT2D eigenvalue weighted by Gasteiger charge is 2.27. The second kappa shape index (κ2) is 6.66. The van der Waals surface area contributed by atoms with Crippen LogP contribution in [0.3, 0.4) is 0 Å². The molecule has 0 atom stereocenters. The van der Waals surface area contributed by atoms with Gasteiger partial charge in [-0.05, 0) is 29.4 Å². The maximum absolute atomic E-state index is 2.34. The van der Waals surface area contributed by atoms with Crippen LogP contribution in [0, 0.1) is 5.41 Å². The molecule has 1 aliphatic rings. The van der Waals surface area contributed by atoms with E-state index >= 15 is 0 Å². The van der Waals surface area contributed by atoms with Crippen molar-refractivity contribution in [2.75, 3.05) is 0 Å². The maximum Gasteiger partial charge on any atom is -0.0221 e. The van der Waals surface area contributed by atoms with Crippen LogP contribution in [0.1, 0.15) is 52.7 Å². The lowest BCUT2D eigenvalue weighted by molar-refractivity contribution is 0.392. The highest BCUT2D eigenvalue weighted by molar-refractivity contribution is 5.33. The molecule has 0 N–H and O–H groups in total. The normalized spacial score (nSPS) is 15.3. The topological polar surface area (TPSA) is 0 Å². The summed E-state index contributed by atoms with van der Waals surface area (Å²) >= 11 is 0. The van der Waals surface area contributed by atoms with Gasteiger partial charge in [-0.2, -0.15) is 0 Å². The number of rotatable bonds is 0. The second-order valence-corrected chi connectivity index (χ2v) is 4.29. The molecule has 1 aliphatic carbocycles. The summed E-state index contributed by atoms with van der Waals surface area (Å²) in [5.41, 5.74) is 3.61. The first-order valence-corrected chi connectivity index (χ1v) is 6.24. The smallest absolute Gasteiger partial charge is 0.0221 e. The molecule has 0 heterocycles. The summed E-state index contributed by atoms with van der Waals surface area (Å²) in [6.07, 6.45) is 2.51. The van der Waals surface area contributed by atoms with Crippen LogP contribution in [0.2, 0.25) is 0 Å². The van der Waals surface area contributed by atoms with Crippen LogP contribution < -0.4 is 0 Å². The van der Waals surface area contributed by atoms with Crippen molar-refractivity contribution in [3.8, 4) is 0 Å². The van der Waals surface area contributed by atoms with Gasteiger partial charge in [0.1, 0.15) is 0 Å². The van der Waals surface area contributed by atoms with Gasteiger partial charge in [-0.15, -0.1) is 0 Å². The fourth-order valence-electron chi connectivity index (χ4n) is 2.00. The molecule has 0 unspecified atom stereocenters. The molecule has 0 bridgehead atoms. The molecule has 0 nitrogen and oxygen atoms in total. The predicted octanol–water partition coefficient (Wildman–Crippen LogP) is 4.86. The third-order valence-corrected chi connectivity index (χ3v) is 2.46. The molecule has 0 radical (unpaired) electrons. The van der Waals surface area contributed by atoms with Gasteiger partial charge in [0.25, 0.3) is 0 Å². The summed E-state index contributed by atoms with van der Waals surface area (Å²) in [7, 11) is 0. The van der Waals surface area contributed by atoms with E-state index in [1.54, 1.807) is 11.1 Å². The minimum absolute atomic E-state index is 0.504. The van der Waals surface area contributed by atoms with E-state index in [4.69, 9.17) is 0 Å². The molecule has 86 valence electrons. The van der Waals surface area contributed by atoms with E-state index in [0.29, 0.717) is 5.41 Å². The summed E-state index contributed by atoms with van der Waals surface area (Å²) in [5, 5.41) is 0. The Kier molecular flexibility index (Phi) is 6.31. The van der Waals surface area contributed by atoms with Gasteiger partial charge in [-0.1, -0.05) is 65.8 Å². The van der Waals surface area contributed by atoms with Crippen molar-refractivity contribution in [2.45, 2.75) is 54.4 Å². The summed E-state index contributed by atoms with van der Waals surface area (Å²) in [6, 6.07) is 8.79. The fraction of sp³-hybridized carbons (Fsp3) is 0.600. The zero-order chi connectivity index (χ0) is 11.9. The van der Waals surface area contributed by atoms with E-state index in [1.807, 2.05) is 27.7 Å². The third kappa shape index (κ3) is 4.07. The fourth-order valence-corrected chi connectivity index (χ4v) is 2.00. The van der Waals surface area contributed by atoms with Crippen LogP contribution in [0.25, 0.3) is 0 Å². The van der Waals surface area contributed by atoms with Gasteiger partial charge in [0.2, 0.25) is 0 Å². The molecule has 0 aromatic heterocycles. The van der Waals surface area contributed by atoms with Crippen LogP contribution in [0.4, 0.5) is 0 Å². The Bertz CT molecular complexity index is 244. The first-order chi connectivity index (χ1) is 7.17. The lowest BCUT2D eigenvalue weighted by atomic mass is 9.90. The van der Waals surface area contributed by atoms with E-state index in [2.05, 4.69) is 38.1 Å². The van der Waals surface area contributed by atoms with Crippen LogP contribution >= 0.6 is 0 Å². The highest BCUT2D eigenvalue weighted by atomic mass is 14.3. The van der Waals surface area contributed by atoms with E-state index in [-0.39, 0.29) is 0 Å². The molecule has 0 saturated heterocycles. The lowest BCUT2D eigenvalue weighted by Crippen LogP contribution is -2.09. The standard InChI is InChI=1S/C11H14.2C2H6/c1-11(2)7-9-5-3-4-6-10(9)8-11;2*1-2/h3-6H,7-8H2,1-2H3;2*1-2H3. The SMILES string of the molecule is CC.CC.CC1(C)Cc2ccccc2C1. The molecule has 0 saturated carbocycles. The van der Waals surface area contributed by atoms with Crippen molar-refractivity contribution < 1.29 is 0 Å². The van der Waals surface area contributed by atoms with Crippen molar-refractivity contribution in [2.24, 2.45) is 5.41 Å². The van der Waals surface area contributed by atoms with Crippen LogP contribution in [-0.4, -0.2) is 0 Å². The number of fused-ring (bicyclic) bond motifs is 1. The summed E-state index contributed by atoms with van der Waals surface area (Å²) < 4.78 is 0. The molecule has 0 fully saturated rings. The van der Waals surface area contributed by atoms with Gasteiger partial charge in [-0.3, -0.25) is 0 Å². The van der Waals surface area contributed by atoms with Gasteiger partial charge in [-0.25, -0.2) is 0 Å². The molecule has 0 aliphatic heterocycles. The van der Waals surface area contributed by atoms with Crippen molar-refractivity contribution in [3.05, 3.63) is 35.4 Å². The number of hydrogen-bond acceptors (Lipinski definition) is 0. The molecule has 2 rings (SSSR count). The van der Waals surface area contributed by atoms with Crippen LogP contribution in [0.5, 0.6) is 0 Å². The van der Waals surface area contributed by atoms with Crippen molar-refractivity contribution in [1.29, 1.82) is 0 Å². The Hall–Kier alpha value is -0.780. The largest absolute Gasteiger partial charge is 0.0683 e. The van der Waals surface area contributed by atoms with Crippen LogP contribution in [0.15, 0.2) is 24.3 Å². The van der Waals surface area contributed by atoms with Gasteiger partial charge >= 0.3 is 0 Å². The Morgan fingerprint density at radius 1 is 0.800 bits per heavy atom.